The Morgan fingerprint density at radius 1 is 1.43 bits per heavy atom. The molecule has 0 amide bonds. The van der Waals surface area contributed by atoms with Crippen molar-refractivity contribution >= 4 is 5.78 Å². The third-order valence-electron chi connectivity index (χ3n) is 2.09. The molecule has 0 saturated carbocycles. The molecule has 14 heavy (non-hydrogen) atoms. The molecule has 0 saturated heterocycles. The second kappa shape index (κ2) is 5.30. The maximum absolute atomic E-state index is 11.6. The van der Waals surface area contributed by atoms with E-state index in [0.717, 1.165) is 6.42 Å². The van der Waals surface area contributed by atoms with Crippen molar-refractivity contribution < 1.29 is 9.53 Å². The van der Waals surface area contributed by atoms with Crippen LogP contribution in [0.5, 0.6) is 0 Å². The largest absolute Gasteiger partial charge is 0.367 e. The third-order valence-corrected chi connectivity index (χ3v) is 2.09. The molecule has 0 aliphatic heterocycles. The van der Waals surface area contributed by atoms with Crippen LogP contribution in [-0.2, 0) is 9.53 Å². The van der Waals surface area contributed by atoms with Crippen molar-refractivity contribution in [1.29, 1.82) is 0 Å². The lowest BCUT2D eigenvalue weighted by Gasteiger charge is -2.24. The lowest BCUT2D eigenvalue weighted by molar-refractivity contribution is -0.136. The first-order valence-corrected chi connectivity index (χ1v) is 5.11. The van der Waals surface area contributed by atoms with Gasteiger partial charge in [0.05, 0.1) is 0 Å². The fraction of sp³-hybridized carbons (Fsp3) is 0.750. The van der Waals surface area contributed by atoms with Crippen molar-refractivity contribution in [2.24, 2.45) is 5.92 Å². The SMILES string of the molecule is C=C(C)C(=O)C(C)(C)OCCC(C)C. The molecule has 2 heteroatoms. The Labute approximate surface area is 87.3 Å². The first-order valence-electron chi connectivity index (χ1n) is 5.11. The molecule has 2 nitrogen and oxygen atoms in total. The number of Topliss-reactive ketones (excluding diaryl/α,β-unsaturated/α-hetero) is 1. The Balaban J connectivity index is 4.07. The summed E-state index contributed by atoms with van der Waals surface area (Å²) < 4.78 is 5.55. The summed E-state index contributed by atoms with van der Waals surface area (Å²) in [5.74, 6) is 0.590. The predicted molar refractivity (Wildman–Crippen MR) is 59.3 cm³/mol. The van der Waals surface area contributed by atoms with E-state index in [1.54, 1.807) is 20.8 Å². The molecule has 0 aromatic carbocycles. The van der Waals surface area contributed by atoms with E-state index in [-0.39, 0.29) is 5.78 Å². The van der Waals surface area contributed by atoms with Crippen molar-refractivity contribution in [3.63, 3.8) is 0 Å². The second-order valence-electron chi connectivity index (χ2n) is 4.65. The van der Waals surface area contributed by atoms with Crippen molar-refractivity contribution in [3.05, 3.63) is 12.2 Å². The van der Waals surface area contributed by atoms with Gasteiger partial charge in [0.1, 0.15) is 5.60 Å². The quantitative estimate of drug-likeness (QED) is 0.613. The molecule has 0 heterocycles. The number of hydrogen-bond acceptors (Lipinski definition) is 2. The number of rotatable bonds is 6. The van der Waals surface area contributed by atoms with Gasteiger partial charge in [-0.3, -0.25) is 4.79 Å². The summed E-state index contributed by atoms with van der Waals surface area (Å²) in [6.45, 7) is 13.8. The van der Waals surface area contributed by atoms with Crippen LogP contribution in [0.25, 0.3) is 0 Å². The highest BCUT2D eigenvalue weighted by Gasteiger charge is 2.28. The minimum atomic E-state index is -0.722. The average molecular weight is 198 g/mol. The summed E-state index contributed by atoms with van der Waals surface area (Å²) >= 11 is 0. The Kier molecular flexibility index (Phi) is 5.06. The van der Waals surface area contributed by atoms with Gasteiger partial charge in [-0.2, -0.15) is 0 Å². The van der Waals surface area contributed by atoms with Crippen LogP contribution < -0.4 is 0 Å². The predicted octanol–water partition coefficient (Wildman–Crippen LogP) is 2.97. The van der Waals surface area contributed by atoms with E-state index >= 15 is 0 Å². The lowest BCUT2D eigenvalue weighted by Crippen LogP contribution is -2.36. The fourth-order valence-electron chi connectivity index (χ4n) is 1.13. The van der Waals surface area contributed by atoms with E-state index in [1.807, 2.05) is 0 Å². The molecular formula is C12H22O2. The number of carbonyl (C=O) groups excluding carboxylic acids is 1. The van der Waals surface area contributed by atoms with Crippen molar-refractivity contribution in [2.75, 3.05) is 6.61 Å². The summed E-state index contributed by atoms with van der Waals surface area (Å²) in [5, 5.41) is 0. The van der Waals surface area contributed by atoms with Gasteiger partial charge in [-0.15, -0.1) is 0 Å². The molecule has 0 atom stereocenters. The van der Waals surface area contributed by atoms with Crippen molar-refractivity contribution in [3.8, 4) is 0 Å². The first kappa shape index (κ1) is 13.4. The van der Waals surface area contributed by atoms with Crippen LogP contribution in [0.3, 0.4) is 0 Å². The summed E-state index contributed by atoms with van der Waals surface area (Å²) in [6.07, 6.45) is 0.979. The van der Waals surface area contributed by atoms with E-state index in [2.05, 4.69) is 20.4 Å². The summed E-state index contributed by atoms with van der Waals surface area (Å²) in [4.78, 5) is 11.6. The molecule has 0 unspecified atom stereocenters. The molecule has 0 bridgehead atoms. The Morgan fingerprint density at radius 3 is 2.29 bits per heavy atom. The molecule has 82 valence electrons. The molecule has 0 aliphatic rings. The molecule has 0 rings (SSSR count). The highest BCUT2D eigenvalue weighted by atomic mass is 16.5. The van der Waals surface area contributed by atoms with E-state index in [1.165, 1.54) is 0 Å². The van der Waals surface area contributed by atoms with Crippen molar-refractivity contribution in [1.82, 2.24) is 0 Å². The van der Waals surface area contributed by atoms with Gasteiger partial charge in [-0.1, -0.05) is 20.4 Å². The lowest BCUT2D eigenvalue weighted by atomic mass is 9.98. The zero-order chi connectivity index (χ0) is 11.4. The van der Waals surface area contributed by atoms with Gasteiger partial charge in [0.15, 0.2) is 5.78 Å². The number of ketones is 1. The molecule has 0 fully saturated rings. The molecule has 0 radical (unpaired) electrons. The normalized spacial score (nSPS) is 11.9. The van der Waals surface area contributed by atoms with Crippen molar-refractivity contribution in [2.45, 2.75) is 46.6 Å². The standard InChI is InChI=1S/C12H22O2/c1-9(2)7-8-14-12(5,6)11(13)10(3)4/h9H,3,7-8H2,1-2,4-6H3. The minimum Gasteiger partial charge on any atom is -0.367 e. The van der Waals surface area contributed by atoms with E-state index in [4.69, 9.17) is 4.74 Å². The van der Waals surface area contributed by atoms with Gasteiger partial charge >= 0.3 is 0 Å². The van der Waals surface area contributed by atoms with Crippen LogP contribution in [0.1, 0.15) is 41.0 Å². The van der Waals surface area contributed by atoms with E-state index < -0.39 is 5.60 Å². The maximum atomic E-state index is 11.6. The smallest absolute Gasteiger partial charge is 0.189 e. The van der Waals surface area contributed by atoms with Gasteiger partial charge in [0.25, 0.3) is 0 Å². The molecule has 0 aliphatic carbocycles. The van der Waals surface area contributed by atoms with Crippen LogP contribution in [0.2, 0.25) is 0 Å². The number of hydrogen-bond donors (Lipinski definition) is 0. The highest BCUT2D eigenvalue weighted by Crippen LogP contribution is 2.16. The highest BCUT2D eigenvalue weighted by molar-refractivity contribution is 6.00. The van der Waals surface area contributed by atoms with Crippen LogP contribution >= 0.6 is 0 Å². The van der Waals surface area contributed by atoms with Gasteiger partial charge in [0.2, 0.25) is 0 Å². The van der Waals surface area contributed by atoms with Gasteiger partial charge in [-0.25, -0.2) is 0 Å². The van der Waals surface area contributed by atoms with Gasteiger partial charge in [-0.05, 0) is 38.7 Å². The van der Waals surface area contributed by atoms with Crippen LogP contribution in [-0.4, -0.2) is 18.0 Å². The number of ether oxygens (including phenoxy) is 1. The molecule has 0 spiro atoms. The van der Waals surface area contributed by atoms with E-state index in [9.17, 15) is 4.79 Å². The van der Waals surface area contributed by atoms with Gasteiger partial charge < -0.3 is 4.74 Å². The van der Waals surface area contributed by atoms with Crippen LogP contribution in [0.15, 0.2) is 12.2 Å². The zero-order valence-corrected chi connectivity index (χ0v) is 10.0. The Bertz CT molecular complexity index is 214. The molecular weight excluding hydrogens is 176 g/mol. The monoisotopic (exact) mass is 198 g/mol. The first-order chi connectivity index (χ1) is 6.27. The fourth-order valence-corrected chi connectivity index (χ4v) is 1.13. The summed E-state index contributed by atoms with van der Waals surface area (Å²) in [5.41, 5.74) is -0.166. The minimum absolute atomic E-state index is 0.0127. The van der Waals surface area contributed by atoms with E-state index in [0.29, 0.717) is 18.1 Å². The zero-order valence-electron chi connectivity index (χ0n) is 10.0. The average Bonchev–Trinajstić information content (AvgIpc) is 2.01. The Hall–Kier alpha value is -0.630. The second-order valence-corrected chi connectivity index (χ2v) is 4.65. The third kappa shape index (κ3) is 4.56. The number of carbonyl (C=O) groups is 1. The van der Waals surface area contributed by atoms with Crippen LogP contribution in [0.4, 0.5) is 0 Å². The summed E-state index contributed by atoms with van der Waals surface area (Å²) in [7, 11) is 0. The molecule has 0 aromatic heterocycles. The van der Waals surface area contributed by atoms with Gasteiger partial charge in [0, 0.05) is 6.61 Å². The van der Waals surface area contributed by atoms with Crippen LogP contribution in [0, 0.1) is 5.92 Å². The summed E-state index contributed by atoms with van der Waals surface area (Å²) in [6, 6.07) is 0. The molecule has 0 N–H and O–H groups in total. The topological polar surface area (TPSA) is 26.3 Å². The molecule has 0 aromatic rings. The Morgan fingerprint density at radius 2 is 1.93 bits per heavy atom. The maximum Gasteiger partial charge on any atom is 0.189 e.